The summed E-state index contributed by atoms with van der Waals surface area (Å²) in [5, 5.41) is 3.12. The van der Waals surface area contributed by atoms with E-state index in [4.69, 9.17) is 19.4 Å². The maximum absolute atomic E-state index is 4.83. The summed E-state index contributed by atoms with van der Waals surface area (Å²) in [6, 6.07) is 18.2. The standard InChI is InChI=1S/C24H36BP2.2ClH.Rh/c1-17(2)26(18(3)4)23-15-11-9-13-21(23)25-22-14-10-12-16-24(22)27(19(5)6)20(7)8;;;/h9-20H,1-8H3;2*1H;/q;;;+2/p-2. The zero-order valence-corrected chi connectivity index (χ0v) is 24.4. The molecule has 0 atom stereocenters. The van der Waals surface area contributed by atoms with Crippen molar-refractivity contribution in [1.29, 1.82) is 0 Å². The van der Waals surface area contributed by atoms with Crippen molar-refractivity contribution in [2.75, 3.05) is 0 Å². The predicted molar refractivity (Wildman–Crippen MR) is 143 cm³/mol. The van der Waals surface area contributed by atoms with Crippen molar-refractivity contribution in [3.8, 4) is 0 Å². The molecule has 2 rings (SSSR count). The van der Waals surface area contributed by atoms with Crippen LogP contribution < -0.4 is 21.5 Å². The summed E-state index contributed by atoms with van der Waals surface area (Å²) in [4.78, 5) is 0. The molecule has 0 saturated carbocycles. The normalized spacial score (nSPS) is 11.7. The van der Waals surface area contributed by atoms with Crippen molar-refractivity contribution in [3.63, 3.8) is 0 Å². The van der Waals surface area contributed by atoms with Gasteiger partial charge in [-0.15, -0.1) is 0 Å². The van der Waals surface area contributed by atoms with E-state index >= 15 is 0 Å². The second-order valence-electron chi connectivity index (χ2n) is 8.50. The first-order valence-corrected chi connectivity index (χ1v) is 17.8. The van der Waals surface area contributed by atoms with Crippen LogP contribution in [0, 0.1) is 0 Å². The predicted octanol–water partition coefficient (Wildman–Crippen LogP) is 6.57. The van der Waals surface area contributed by atoms with Gasteiger partial charge in [0.15, 0.2) is 7.28 Å². The van der Waals surface area contributed by atoms with Crippen LogP contribution in [0.15, 0.2) is 48.5 Å². The van der Waals surface area contributed by atoms with E-state index in [0.29, 0.717) is 22.6 Å². The van der Waals surface area contributed by atoms with Crippen LogP contribution in [-0.4, -0.2) is 29.9 Å². The first-order valence-electron chi connectivity index (χ1n) is 10.6. The third-order valence-electron chi connectivity index (χ3n) is 4.97. The Labute approximate surface area is 204 Å². The quantitative estimate of drug-likeness (QED) is 0.249. The Hall–Kier alpha value is 0.568. The zero-order chi connectivity index (χ0) is 22.8. The fraction of sp³-hybridized carbons (Fsp3) is 0.500. The van der Waals surface area contributed by atoms with Gasteiger partial charge in [-0.05, 0) is 33.2 Å². The minimum absolute atomic E-state index is 0.167. The van der Waals surface area contributed by atoms with Crippen molar-refractivity contribution >= 4 is 64.0 Å². The van der Waals surface area contributed by atoms with Gasteiger partial charge >= 0.3 is 34.5 Å². The van der Waals surface area contributed by atoms with Gasteiger partial charge in [-0.1, -0.05) is 131 Å². The molecule has 0 N–H and O–H groups in total. The molecule has 0 amide bonds. The van der Waals surface area contributed by atoms with E-state index in [2.05, 4.69) is 111 Å². The fourth-order valence-corrected chi connectivity index (χ4v) is 10.2. The van der Waals surface area contributed by atoms with Crippen LogP contribution >= 0.6 is 35.2 Å². The third-order valence-corrected chi connectivity index (χ3v) is 11.3. The molecule has 6 heteroatoms. The second kappa shape index (κ2) is 14.7. The Morgan fingerprint density at radius 3 is 1.13 bits per heavy atom. The molecule has 1 radical (unpaired) electrons. The van der Waals surface area contributed by atoms with E-state index in [1.807, 2.05) is 0 Å². The van der Waals surface area contributed by atoms with Crippen LogP contribution in [0.4, 0.5) is 0 Å². The van der Waals surface area contributed by atoms with Crippen molar-refractivity contribution in [2.45, 2.75) is 78.0 Å². The summed E-state index contributed by atoms with van der Waals surface area (Å²) in [6.45, 7) is 19.1. The van der Waals surface area contributed by atoms with Gasteiger partial charge in [-0.3, -0.25) is 0 Å². The summed E-state index contributed by atoms with van der Waals surface area (Å²) >= 11 is -0.226. The van der Waals surface area contributed by atoms with E-state index in [0.717, 1.165) is 0 Å². The van der Waals surface area contributed by atoms with Gasteiger partial charge in [0.25, 0.3) is 0 Å². The molecule has 2 aromatic rings. The number of hydrogen-bond donors (Lipinski definition) is 0. The Balaban J connectivity index is 0.00000141. The van der Waals surface area contributed by atoms with Crippen molar-refractivity contribution in [1.82, 2.24) is 0 Å². The van der Waals surface area contributed by atoms with Gasteiger partial charge in [0.2, 0.25) is 0 Å². The molecular formula is C24H36BCl2P2Rh. The number of rotatable bonds is 8. The van der Waals surface area contributed by atoms with Gasteiger partial charge in [0.05, 0.1) is 0 Å². The molecule has 0 aliphatic carbocycles. The maximum atomic E-state index is 4.83. The summed E-state index contributed by atoms with van der Waals surface area (Å²) in [5.41, 5.74) is 5.64. The molecular weight excluding hydrogens is 535 g/mol. The van der Waals surface area contributed by atoms with Crippen LogP contribution in [0.1, 0.15) is 55.4 Å². The molecule has 0 spiro atoms. The van der Waals surface area contributed by atoms with Crippen LogP contribution in [0.3, 0.4) is 0 Å². The monoisotopic (exact) mass is 570 g/mol. The third kappa shape index (κ3) is 8.49. The SMILES string of the molecule is CC(C)P(c1ccccc1[B]c1ccccc1P(C(C)C)C(C)C)C(C)C.[Cl][Rh][Cl]. The van der Waals surface area contributed by atoms with Crippen molar-refractivity contribution in [2.24, 2.45) is 0 Å². The van der Waals surface area contributed by atoms with Crippen LogP contribution in [0.2, 0.25) is 0 Å². The van der Waals surface area contributed by atoms with E-state index in [-0.39, 0.29) is 31.0 Å². The summed E-state index contributed by atoms with van der Waals surface area (Å²) in [7, 11) is 11.8. The van der Waals surface area contributed by atoms with E-state index < -0.39 is 0 Å². The number of benzene rings is 2. The molecule has 0 aromatic heterocycles. The van der Waals surface area contributed by atoms with E-state index in [1.54, 1.807) is 10.6 Å². The molecule has 0 aliphatic rings. The molecule has 0 heterocycles. The van der Waals surface area contributed by atoms with Gasteiger partial charge < -0.3 is 0 Å². The van der Waals surface area contributed by atoms with Gasteiger partial charge in [-0.25, -0.2) is 0 Å². The molecule has 168 valence electrons. The van der Waals surface area contributed by atoms with Gasteiger partial charge in [0, 0.05) is 0 Å². The van der Waals surface area contributed by atoms with Gasteiger partial charge in [-0.2, -0.15) is 0 Å². The zero-order valence-electron chi connectivity index (χ0n) is 19.5. The molecule has 0 aliphatic heterocycles. The van der Waals surface area contributed by atoms with Crippen LogP contribution in [0.25, 0.3) is 0 Å². The minimum atomic E-state index is -0.226. The van der Waals surface area contributed by atoms with E-state index in [1.165, 1.54) is 10.9 Å². The van der Waals surface area contributed by atoms with Crippen molar-refractivity contribution in [3.05, 3.63) is 48.5 Å². The Bertz CT molecular complexity index is 676. The molecule has 0 fully saturated rings. The first-order chi connectivity index (χ1) is 14.1. The Kier molecular flexibility index (Phi) is 14.0. The Morgan fingerprint density at radius 1 is 0.600 bits per heavy atom. The number of hydrogen-bond acceptors (Lipinski definition) is 0. The Morgan fingerprint density at radius 2 is 0.867 bits per heavy atom. The summed E-state index contributed by atoms with van der Waals surface area (Å²) in [6.07, 6.45) is 0. The number of halogens is 2. The average Bonchev–Trinajstić information content (AvgIpc) is 2.64. The molecule has 0 saturated heterocycles. The molecule has 0 nitrogen and oxygen atoms in total. The topological polar surface area (TPSA) is 0 Å². The second-order valence-corrected chi connectivity index (χ2v) is 17.7. The summed E-state index contributed by atoms with van der Waals surface area (Å²) < 4.78 is 0. The average molecular weight is 571 g/mol. The fourth-order valence-electron chi connectivity index (χ4n) is 4.16. The molecule has 0 unspecified atom stereocenters. The van der Waals surface area contributed by atoms with Crippen molar-refractivity contribution < 1.29 is 15.1 Å². The van der Waals surface area contributed by atoms with E-state index in [9.17, 15) is 0 Å². The van der Waals surface area contributed by atoms with Crippen LogP contribution in [0.5, 0.6) is 0 Å². The summed E-state index contributed by atoms with van der Waals surface area (Å²) in [5.74, 6) is 0. The van der Waals surface area contributed by atoms with Crippen LogP contribution in [-0.2, 0) is 15.1 Å². The first kappa shape index (κ1) is 28.6. The molecule has 0 bridgehead atoms. The molecule has 2 aromatic carbocycles. The van der Waals surface area contributed by atoms with Gasteiger partial charge in [0.1, 0.15) is 0 Å². The molecule has 30 heavy (non-hydrogen) atoms.